The normalized spacial score (nSPS) is 15.6. The van der Waals surface area contributed by atoms with Gasteiger partial charge in [0.2, 0.25) is 10.0 Å². The van der Waals surface area contributed by atoms with Crippen LogP contribution in [0.3, 0.4) is 0 Å². The van der Waals surface area contributed by atoms with Crippen LogP contribution in [0.4, 0.5) is 0 Å². The van der Waals surface area contributed by atoms with Gasteiger partial charge < -0.3 is 10.3 Å². The SMILES string of the molecule is CC(NS(=O)(=O)c1cc(C(N)=O)n(C)c1)c1ccc2c(c1)CCCC2. The average molecular weight is 361 g/mol. The number of amides is 1. The maximum absolute atomic E-state index is 12.6. The highest BCUT2D eigenvalue weighted by Crippen LogP contribution is 2.25. The Bertz CT molecular complexity index is 916. The summed E-state index contributed by atoms with van der Waals surface area (Å²) < 4.78 is 29.3. The van der Waals surface area contributed by atoms with Crippen molar-refractivity contribution in [2.75, 3.05) is 0 Å². The van der Waals surface area contributed by atoms with Gasteiger partial charge in [-0.25, -0.2) is 13.1 Å². The number of carbonyl (C=O) groups excluding carboxylic acids is 1. The van der Waals surface area contributed by atoms with E-state index in [1.165, 1.54) is 40.8 Å². The maximum Gasteiger partial charge on any atom is 0.265 e. The standard InChI is InChI=1S/C18H23N3O3S/c1-12(14-8-7-13-5-3-4-6-15(13)9-14)20-25(23,24)16-10-17(18(19)22)21(2)11-16/h7-12,20H,3-6H2,1-2H3,(H2,19,22). The summed E-state index contributed by atoms with van der Waals surface area (Å²) in [6.45, 7) is 1.82. The molecular formula is C18H23N3O3S. The number of nitrogens with two attached hydrogens (primary N) is 1. The number of primary amides is 1. The minimum Gasteiger partial charge on any atom is -0.364 e. The zero-order valence-electron chi connectivity index (χ0n) is 14.5. The van der Waals surface area contributed by atoms with Gasteiger partial charge in [-0.05, 0) is 55.4 Å². The molecule has 0 saturated carbocycles. The number of aryl methyl sites for hydroxylation is 3. The van der Waals surface area contributed by atoms with Crippen LogP contribution in [-0.2, 0) is 29.9 Å². The molecule has 1 amide bonds. The summed E-state index contributed by atoms with van der Waals surface area (Å²) in [7, 11) is -2.15. The Morgan fingerprint density at radius 3 is 2.52 bits per heavy atom. The molecule has 0 saturated heterocycles. The predicted octanol–water partition coefficient (Wildman–Crippen LogP) is 2.04. The highest BCUT2D eigenvalue weighted by molar-refractivity contribution is 7.89. The van der Waals surface area contributed by atoms with Crippen LogP contribution in [0.2, 0.25) is 0 Å². The molecule has 1 unspecified atom stereocenters. The molecule has 3 N–H and O–H groups in total. The van der Waals surface area contributed by atoms with Crippen LogP contribution in [0.15, 0.2) is 35.4 Å². The van der Waals surface area contributed by atoms with E-state index in [1.54, 1.807) is 7.05 Å². The Kier molecular flexibility index (Phi) is 4.71. The fourth-order valence-corrected chi connectivity index (χ4v) is 4.62. The lowest BCUT2D eigenvalue weighted by molar-refractivity contribution is 0.0992. The summed E-state index contributed by atoms with van der Waals surface area (Å²) in [5, 5.41) is 0. The zero-order valence-corrected chi connectivity index (χ0v) is 15.3. The average Bonchev–Trinajstić information content (AvgIpc) is 2.97. The summed E-state index contributed by atoms with van der Waals surface area (Å²) in [5.74, 6) is -0.660. The van der Waals surface area contributed by atoms with Crippen molar-refractivity contribution in [2.45, 2.75) is 43.5 Å². The molecule has 3 rings (SSSR count). The molecule has 0 radical (unpaired) electrons. The molecule has 6 nitrogen and oxygen atoms in total. The summed E-state index contributed by atoms with van der Waals surface area (Å²) in [6, 6.07) is 7.11. The number of benzene rings is 1. The van der Waals surface area contributed by atoms with E-state index < -0.39 is 15.9 Å². The quantitative estimate of drug-likeness (QED) is 0.853. The van der Waals surface area contributed by atoms with Gasteiger partial charge >= 0.3 is 0 Å². The molecule has 1 aliphatic rings. The number of hydrogen-bond acceptors (Lipinski definition) is 3. The second-order valence-electron chi connectivity index (χ2n) is 6.61. The zero-order chi connectivity index (χ0) is 18.2. The monoisotopic (exact) mass is 361 g/mol. The maximum atomic E-state index is 12.6. The summed E-state index contributed by atoms with van der Waals surface area (Å²) in [5.41, 5.74) is 9.02. The molecule has 0 fully saturated rings. The molecule has 134 valence electrons. The van der Waals surface area contributed by atoms with Gasteiger partial charge in [0, 0.05) is 19.3 Å². The Morgan fingerprint density at radius 2 is 1.88 bits per heavy atom. The van der Waals surface area contributed by atoms with Gasteiger partial charge in [-0.15, -0.1) is 0 Å². The molecule has 1 atom stereocenters. The Labute approximate surface area is 148 Å². The molecule has 1 aromatic carbocycles. The van der Waals surface area contributed by atoms with E-state index in [-0.39, 0.29) is 16.6 Å². The van der Waals surface area contributed by atoms with E-state index in [2.05, 4.69) is 16.9 Å². The van der Waals surface area contributed by atoms with E-state index in [0.717, 1.165) is 18.4 Å². The number of carbonyl (C=O) groups is 1. The molecule has 7 heteroatoms. The molecule has 0 bridgehead atoms. The molecule has 2 aromatic rings. The second kappa shape index (κ2) is 6.65. The Morgan fingerprint density at radius 1 is 1.20 bits per heavy atom. The molecule has 1 aliphatic carbocycles. The van der Waals surface area contributed by atoms with E-state index in [1.807, 2.05) is 13.0 Å². The van der Waals surface area contributed by atoms with Crippen molar-refractivity contribution in [3.8, 4) is 0 Å². The van der Waals surface area contributed by atoms with Gasteiger partial charge in [-0.1, -0.05) is 18.2 Å². The molecule has 1 heterocycles. The summed E-state index contributed by atoms with van der Waals surface area (Å²) in [4.78, 5) is 11.4. The first-order valence-corrected chi connectivity index (χ1v) is 9.86. The summed E-state index contributed by atoms with van der Waals surface area (Å²) in [6.07, 6.45) is 5.92. The molecule has 25 heavy (non-hydrogen) atoms. The van der Waals surface area contributed by atoms with Crippen molar-refractivity contribution in [1.82, 2.24) is 9.29 Å². The first kappa shape index (κ1) is 17.7. The number of sulfonamides is 1. The van der Waals surface area contributed by atoms with Crippen LogP contribution in [0.5, 0.6) is 0 Å². The number of aromatic nitrogens is 1. The number of hydrogen-bond donors (Lipinski definition) is 2. The lowest BCUT2D eigenvalue weighted by atomic mass is 9.89. The minimum atomic E-state index is -3.74. The van der Waals surface area contributed by atoms with Crippen molar-refractivity contribution >= 4 is 15.9 Å². The van der Waals surface area contributed by atoms with Gasteiger partial charge in [-0.2, -0.15) is 0 Å². The van der Waals surface area contributed by atoms with Crippen molar-refractivity contribution in [3.05, 3.63) is 52.8 Å². The van der Waals surface area contributed by atoms with Crippen molar-refractivity contribution in [3.63, 3.8) is 0 Å². The Balaban J connectivity index is 1.83. The molecule has 0 spiro atoms. The minimum absolute atomic E-state index is 0.0358. The smallest absolute Gasteiger partial charge is 0.265 e. The second-order valence-corrected chi connectivity index (χ2v) is 8.33. The predicted molar refractivity (Wildman–Crippen MR) is 95.8 cm³/mol. The van der Waals surface area contributed by atoms with E-state index >= 15 is 0 Å². The first-order valence-electron chi connectivity index (χ1n) is 8.38. The molecule has 0 aliphatic heterocycles. The highest BCUT2D eigenvalue weighted by Gasteiger charge is 2.22. The lowest BCUT2D eigenvalue weighted by Crippen LogP contribution is -2.27. The summed E-state index contributed by atoms with van der Waals surface area (Å²) >= 11 is 0. The first-order chi connectivity index (χ1) is 11.8. The largest absolute Gasteiger partial charge is 0.364 e. The fraction of sp³-hybridized carbons (Fsp3) is 0.389. The third kappa shape index (κ3) is 3.62. The van der Waals surface area contributed by atoms with E-state index in [0.29, 0.717) is 0 Å². The molecule has 1 aromatic heterocycles. The third-order valence-electron chi connectivity index (χ3n) is 4.75. The van der Waals surface area contributed by atoms with Crippen LogP contribution >= 0.6 is 0 Å². The van der Waals surface area contributed by atoms with Crippen LogP contribution in [-0.4, -0.2) is 18.9 Å². The van der Waals surface area contributed by atoms with Crippen molar-refractivity contribution in [2.24, 2.45) is 12.8 Å². The number of nitrogens with one attached hydrogen (secondary N) is 1. The van der Waals surface area contributed by atoms with E-state index in [4.69, 9.17) is 5.73 Å². The van der Waals surface area contributed by atoms with E-state index in [9.17, 15) is 13.2 Å². The van der Waals surface area contributed by atoms with Crippen molar-refractivity contribution in [1.29, 1.82) is 0 Å². The third-order valence-corrected chi connectivity index (χ3v) is 6.25. The highest BCUT2D eigenvalue weighted by atomic mass is 32.2. The topological polar surface area (TPSA) is 94.2 Å². The van der Waals surface area contributed by atoms with Crippen molar-refractivity contribution < 1.29 is 13.2 Å². The Hall–Kier alpha value is -2.12. The number of nitrogens with zero attached hydrogens (tertiary/aromatic N) is 1. The van der Waals surface area contributed by atoms with Crippen LogP contribution in [0.1, 0.15) is 53.0 Å². The van der Waals surface area contributed by atoms with Gasteiger partial charge in [-0.3, -0.25) is 4.79 Å². The van der Waals surface area contributed by atoms with Gasteiger partial charge in [0.05, 0.1) is 0 Å². The van der Waals surface area contributed by atoms with Gasteiger partial charge in [0.25, 0.3) is 5.91 Å². The van der Waals surface area contributed by atoms with Crippen LogP contribution < -0.4 is 10.5 Å². The number of rotatable bonds is 5. The molecular weight excluding hydrogens is 338 g/mol. The van der Waals surface area contributed by atoms with Crippen LogP contribution in [0.25, 0.3) is 0 Å². The number of fused-ring (bicyclic) bond motifs is 1. The van der Waals surface area contributed by atoms with Crippen LogP contribution in [0, 0.1) is 0 Å². The van der Waals surface area contributed by atoms with Gasteiger partial charge in [0.15, 0.2) is 0 Å². The lowest BCUT2D eigenvalue weighted by Gasteiger charge is -2.19. The van der Waals surface area contributed by atoms with Gasteiger partial charge in [0.1, 0.15) is 10.6 Å². The fourth-order valence-electron chi connectivity index (χ4n) is 3.32.